The smallest absolute Gasteiger partial charge is 0.0926 e. The van der Waals surface area contributed by atoms with Crippen molar-refractivity contribution in [1.29, 1.82) is 0 Å². The monoisotopic (exact) mass is 279 g/mol. The highest BCUT2D eigenvalue weighted by Crippen LogP contribution is 2.51. The molecule has 1 aliphatic carbocycles. The van der Waals surface area contributed by atoms with Gasteiger partial charge in [-0.15, -0.1) is 0 Å². The maximum Gasteiger partial charge on any atom is 0.0926 e. The van der Waals surface area contributed by atoms with Crippen molar-refractivity contribution in [3.05, 3.63) is 28.4 Å². The zero-order valence-corrected chi connectivity index (χ0v) is 10.7. The number of fused-ring (bicyclic) bond motifs is 1. The van der Waals surface area contributed by atoms with E-state index in [1.54, 1.807) is 0 Å². The Labute approximate surface area is 103 Å². The predicted octanol–water partition coefficient (Wildman–Crippen LogP) is 2.40. The molecule has 0 aliphatic heterocycles. The van der Waals surface area contributed by atoms with Gasteiger partial charge in [-0.05, 0) is 42.5 Å². The molecular formula is C12H14BrN3. The van der Waals surface area contributed by atoms with Crippen LogP contribution in [0.25, 0.3) is 10.9 Å². The summed E-state index contributed by atoms with van der Waals surface area (Å²) in [6.45, 7) is 0.785. The molecule has 1 aromatic carbocycles. The number of aryl methyl sites for hydroxylation is 1. The summed E-state index contributed by atoms with van der Waals surface area (Å²) >= 11 is 3.65. The molecule has 0 spiro atoms. The van der Waals surface area contributed by atoms with Crippen molar-refractivity contribution in [2.24, 2.45) is 18.7 Å². The standard InChI is InChI=1S/C12H14BrN3/c1-16-6-9-11(15-16)3-2-10(13)12(9)8-4-7(8)5-14/h2-3,6-8H,4-5,14H2,1H3. The third-order valence-corrected chi connectivity index (χ3v) is 4.08. The van der Waals surface area contributed by atoms with Crippen molar-refractivity contribution in [2.75, 3.05) is 6.54 Å². The fourth-order valence-corrected chi connectivity index (χ4v) is 3.09. The Morgan fingerprint density at radius 1 is 1.56 bits per heavy atom. The van der Waals surface area contributed by atoms with Gasteiger partial charge in [0.25, 0.3) is 0 Å². The number of benzene rings is 1. The minimum atomic E-state index is 0.618. The highest BCUT2D eigenvalue weighted by Gasteiger charge is 2.39. The van der Waals surface area contributed by atoms with E-state index in [9.17, 15) is 0 Å². The lowest BCUT2D eigenvalue weighted by atomic mass is 10.0. The molecule has 1 heterocycles. The first-order valence-electron chi connectivity index (χ1n) is 5.52. The van der Waals surface area contributed by atoms with Crippen LogP contribution in [0.5, 0.6) is 0 Å². The van der Waals surface area contributed by atoms with Crippen LogP contribution in [-0.2, 0) is 7.05 Å². The van der Waals surface area contributed by atoms with Gasteiger partial charge in [0.1, 0.15) is 0 Å². The van der Waals surface area contributed by atoms with Gasteiger partial charge in [0.05, 0.1) is 5.52 Å². The summed E-state index contributed by atoms with van der Waals surface area (Å²) in [4.78, 5) is 0. The highest BCUT2D eigenvalue weighted by atomic mass is 79.9. The van der Waals surface area contributed by atoms with Gasteiger partial charge in [-0.2, -0.15) is 5.10 Å². The Morgan fingerprint density at radius 2 is 2.38 bits per heavy atom. The van der Waals surface area contributed by atoms with Gasteiger partial charge >= 0.3 is 0 Å². The molecule has 16 heavy (non-hydrogen) atoms. The van der Waals surface area contributed by atoms with Crippen molar-refractivity contribution in [2.45, 2.75) is 12.3 Å². The molecule has 0 radical (unpaired) electrons. The van der Waals surface area contributed by atoms with Crippen molar-refractivity contribution < 1.29 is 0 Å². The van der Waals surface area contributed by atoms with Crippen molar-refractivity contribution in [3.63, 3.8) is 0 Å². The molecule has 2 N–H and O–H groups in total. The summed E-state index contributed by atoms with van der Waals surface area (Å²) in [5.74, 6) is 1.27. The summed E-state index contributed by atoms with van der Waals surface area (Å²) in [5, 5.41) is 5.70. The average molecular weight is 280 g/mol. The number of nitrogens with zero attached hydrogens (tertiary/aromatic N) is 2. The zero-order valence-electron chi connectivity index (χ0n) is 9.15. The molecule has 1 aromatic heterocycles. The molecule has 2 aromatic rings. The Kier molecular flexibility index (Phi) is 2.30. The predicted molar refractivity (Wildman–Crippen MR) is 68.3 cm³/mol. The second kappa shape index (κ2) is 3.57. The topological polar surface area (TPSA) is 43.8 Å². The lowest BCUT2D eigenvalue weighted by Gasteiger charge is -2.04. The second-order valence-electron chi connectivity index (χ2n) is 4.53. The molecule has 84 valence electrons. The number of hydrogen-bond donors (Lipinski definition) is 1. The second-order valence-corrected chi connectivity index (χ2v) is 5.39. The van der Waals surface area contributed by atoms with Gasteiger partial charge in [-0.3, -0.25) is 4.68 Å². The first-order chi connectivity index (χ1) is 7.70. The summed E-state index contributed by atoms with van der Waals surface area (Å²) in [6, 6.07) is 4.15. The van der Waals surface area contributed by atoms with Crippen LogP contribution in [0, 0.1) is 5.92 Å². The molecule has 4 heteroatoms. The van der Waals surface area contributed by atoms with Crippen LogP contribution < -0.4 is 5.73 Å². The molecule has 3 nitrogen and oxygen atoms in total. The summed E-state index contributed by atoms with van der Waals surface area (Å²) in [6.07, 6.45) is 3.31. The van der Waals surface area contributed by atoms with Gasteiger partial charge in [-0.1, -0.05) is 15.9 Å². The molecule has 0 bridgehead atoms. The lowest BCUT2D eigenvalue weighted by molar-refractivity contribution is 0.779. The fourth-order valence-electron chi connectivity index (χ4n) is 2.45. The SMILES string of the molecule is Cn1cc2c(C3CC3CN)c(Br)ccc2n1. The molecule has 3 rings (SSSR count). The van der Waals surface area contributed by atoms with Gasteiger partial charge < -0.3 is 5.73 Å². The molecule has 0 saturated heterocycles. The van der Waals surface area contributed by atoms with E-state index in [2.05, 4.69) is 39.4 Å². The molecule has 1 fully saturated rings. The van der Waals surface area contributed by atoms with E-state index in [0.717, 1.165) is 12.1 Å². The number of nitrogens with two attached hydrogens (primary N) is 1. The Morgan fingerprint density at radius 3 is 3.06 bits per heavy atom. The lowest BCUT2D eigenvalue weighted by Crippen LogP contribution is -2.02. The van der Waals surface area contributed by atoms with E-state index < -0.39 is 0 Å². The number of aromatic nitrogens is 2. The molecule has 1 aliphatic rings. The quantitative estimate of drug-likeness (QED) is 0.918. The van der Waals surface area contributed by atoms with Gasteiger partial charge in [-0.25, -0.2) is 0 Å². The van der Waals surface area contributed by atoms with Crippen LogP contribution in [-0.4, -0.2) is 16.3 Å². The zero-order chi connectivity index (χ0) is 11.3. The van der Waals surface area contributed by atoms with Crippen molar-refractivity contribution in [3.8, 4) is 0 Å². The van der Waals surface area contributed by atoms with Gasteiger partial charge in [0.2, 0.25) is 0 Å². The highest BCUT2D eigenvalue weighted by molar-refractivity contribution is 9.10. The number of hydrogen-bond acceptors (Lipinski definition) is 2. The van der Waals surface area contributed by atoms with Crippen LogP contribution in [0.15, 0.2) is 22.8 Å². The van der Waals surface area contributed by atoms with E-state index in [0.29, 0.717) is 11.8 Å². The maximum absolute atomic E-state index is 5.72. The molecular weight excluding hydrogens is 266 g/mol. The van der Waals surface area contributed by atoms with Gasteiger partial charge in [0, 0.05) is 23.1 Å². The Balaban J connectivity index is 2.17. The van der Waals surface area contributed by atoms with Crippen LogP contribution in [0.3, 0.4) is 0 Å². The van der Waals surface area contributed by atoms with Crippen molar-refractivity contribution >= 4 is 26.8 Å². The largest absolute Gasteiger partial charge is 0.330 e. The third kappa shape index (κ3) is 1.48. The fraction of sp³-hybridized carbons (Fsp3) is 0.417. The average Bonchev–Trinajstić information content (AvgIpc) is 2.92. The molecule has 2 unspecified atom stereocenters. The minimum Gasteiger partial charge on any atom is -0.330 e. The van der Waals surface area contributed by atoms with Crippen molar-refractivity contribution in [1.82, 2.24) is 9.78 Å². The number of rotatable bonds is 2. The first-order valence-corrected chi connectivity index (χ1v) is 6.32. The van der Waals surface area contributed by atoms with Gasteiger partial charge in [0.15, 0.2) is 0 Å². The summed E-state index contributed by atoms with van der Waals surface area (Å²) < 4.78 is 3.06. The van der Waals surface area contributed by atoms with E-state index in [4.69, 9.17) is 5.73 Å². The Bertz CT molecular complexity index is 546. The summed E-state index contributed by atoms with van der Waals surface area (Å²) in [7, 11) is 1.96. The first kappa shape index (κ1) is 10.3. The third-order valence-electron chi connectivity index (χ3n) is 3.39. The van der Waals surface area contributed by atoms with Crippen LogP contribution >= 0.6 is 15.9 Å². The van der Waals surface area contributed by atoms with E-state index >= 15 is 0 Å². The maximum atomic E-state index is 5.72. The van der Waals surface area contributed by atoms with Crippen LogP contribution in [0.1, 0.15) is 17.9 Å². The molecule has 2 atom stereocenters. The molecule has 0 amide bonds. The van der Waals surface area contributed by atoms with Crippen LogP contribution in [0.2, 0.25) is 0 Å². The van der Waals surface area contributed by atoms with E-state index in [-0.39, 0.29) is 0 Å². The summed E-state index contributed by atoms with van der Waals surface area (Å²) in [5.41, 5.74) is 8.19. The van der Waals surface area contributed by atoms with Crippen LogP contribution in [0.4, 0.5) is 0 Å². The molecule has 1 saturated carbocycles. The minimum absolute atomic E-state index is 0.618. The Hall–Kier alpha value is -0.870. The van der Waals surface area contributed by atoms with E-state index in [1.807, 2.05) is 11.7 Å². The van der Waals surface area contributed by atoms with E-state index in [1.165, 1.54) is 21.8 Å². The number of halogens is 1. The normalized spacial score (nSPS) is 23.9.